The molecule has 1 spiro atoms. The quantitative estimate of drug-likeness (QED) is 0.863. The first-order valence-corrected chi connectivity index (χ1v) is 10.1. The Morgan fingerprint density at radius 2 is 2.07 bits per heavy atom. The highest BCUT2D eigenvalue weighted by Crippen LogP contribution is 2.43. The lowest BCUT2D eigenvalue weighted by atomic mass is 9.82. The van der Waals surface area contributed by atoms with Gasteiger partial charge >= 0.3 is 0 Å². The summed E-state index contributed by atoms with van der Waals surface area (Å²) in [5.41, 5.74) is 0.810. The number of nitrogens with zero attached hydrogens (tertiary/aromatic N) is 1. The normalized spacial score (nSPS) is 23.8. The number of para-hydroxylation sites is 1. The molecule has 3 aliphatic rings. The van der Waals surface area contributed by atoms with Gasteiger partial charge in [0.2, 0.25) is 11.8 Å². The molecule has 6 nitrogen and oxygen atoms in total. The van der Waals surface area contributed by atoms with Crippen molar-refractivity contribution in [1.82, 2.24) is 10.2 Å². The summed E-state index contributed by atoms with van der Waals surface area (Å²) in [6.45, 7) is 2.91. The Morgan fingerprint density at radius 3 is 2.85 bits per heavy atom. The van der Waals surface area contributed by atoms with E-state index in [0.29, 0.717) is 39.0 Å². The largest absolute Gasteiger partial charge is 0.487 e. The zero-order chi connectivity index (χ0) is 18.7. The van der Waals surface area contributed by atoms with Gasteiger partial charge in [0.15, 0.2) is 0 Å². The summed E-state index contributed by atoms with van der Waals surface area (Å²) in [6, 6.07) is 7.96. The van der Waals surface area contributed by atoms with E-state index in [1.165, 1.54) is 0 Å². The number of hydrogen-bond donors (Lipinski definition) is 1. The lowest BCUT2D eigenvalue weighted by Crippen LogP contribution is -2.48. The van der Waals surface area contributed by atoms with Crippen LogP contribution in [0.5, 0.6) is 5.75 Å². The van der Waals surface area contributed by atoms with E-state index >= 15 is 0 Å². The number of hydrogen-bond acceptors (Lipinski definition) is 4. The zero-order valence-electron chi connectivity index (χ0n) is 15.7. The van der Waals surface area contributed by atoms with Crippen molar-refractivity contribution >= 4 is 11.8 Å². The van der Waals surface area contributed by atoms with Gasteiger partial charge < -0.3 is 19.7 Å². The molecule has 0 radical (unpaired) electrons. The Labute approximate surface area is 160 Å². The predicted molar refractivity (Wildman–Crippen MR) is 100 cm³/mol. The second-order valence-corrected chi connectivity index (χ2v) is 7.85. The average Bonchev–Trinajstić information content (AvgIpc) is 3.07. The highest BCUT2D eigenvalue weighted by molar-refractivity contribution is 5.78. The molecule has 6 heteroatoms. The molecule has 3 aliphatic heterocycles. The number of carbonyl (C=O) groups excluding carboxylic acids is 2. The summed E-state index contributed by atoms with van der Waals surface area (Å²) in [5, 5.41) is 3.22. The van der Waals surface area contributed by atoms with Crippen molar-refractivity contribution < 1.29 is 19.1 Å². The van der Waals surface area contributed by atoms with Crippen molar-refractivity contribution in [3.8, 4) is 5.75 Å². The molecule has 146 valence electrons. The van der Waals surface area contributed by atoms with E-state index < -0.39 is 0 Å². The van der Waals surface area contributed by atoms with Gasteiger partial charge in [0.05, 0.1) is 19.3 Å². The maximum Gasteiger partial charge on any atom is 0.222 e. The summed E-state index contributed by atoms with van der Waals surface area (Å²) >= 11 is 0. The van der Waals surface area contributed by atoms with E-state index in [1.54, 1.807) is 0 Å². The molecule has 0 unspecified atom stereocenters. The summed E-state index contributed by atoms with van der Waals surface area (Å²) in [4.78, 5) is 26.1. The van der Waals surface area contributed by atoms with Crippen molar-refractivity contribution in [2.75, 3.05) is 26.3 Å². The number of likely N-dealkylation sites (tertiary alicyclic amines) is 1. The minimum atomic E-state index is -0.244. The molecule has 2 amide bonds. The van der Waals surface area contributed by atoms with Crippen LogP contribution in [0.3, 0.4) is 0 Å². The van der Waals surface area contributed by atoms with Gasteiger partial charge in [-0.25, -0.2) is 0 Å². The van der Waals surface area contributed by atoms with Crippen molar-refractivity contribution in [3.05, 3.63) is 29.8 Å². The Kier molecular flexibility index (Phi) is 5.34. The molecule has 4 rings (SSSR count). The molecule has 1 N–H and O–H groups in total. The maximum atomic E-state index is 12.6. The molecule has 3 heterocycles. The van der Waals surface area contributed by atoms with Crippen LogP contribution in [0, 0.1) is 0 Å². The highest BCUT2D eigenvalue weighted by atomic mass is 16.5. The number of amides is 2. The van der Waals surface area contributed by atoms with Crippen molar-refractivity contribution in [2.24, 2.45) is 0 Å². The van der Waals surface area contributed by atoms with Gasteiger partial charge in [-0.15, -0.1) is 0 Å². The number of carbonyl (C=O) groups is 2. The Balaban J connectivity index is 1.37. The average molecular weight is 372 g/mol. The third kappa shape index (κ3) is 4.10. The van der Waals surface area contributed by atoms with E-state index in [-0.39, 0.29) is 23.5 Å². The molecule has 2 saturated heterocycles. The summed E-state index contributed by atoms with van der Waals surface area (Å²) < 4.78 is 11.9. The summed E-state index contributed by atoms with van der Waals surface area (Å²) in [7, 11) is 0. The molecule has 1 aromatic rings. The van der Waals surface area contributed by atoms with E-state index in [0.717, 1.165) is 43.5 Å². The SMILES string of the molecule is O=C(CCCN1CCCC1=O)N[C@H]1CC2(CCOCC2)Oc2ccccc21. The van der Waals surface area contributed by atoms with E-state index in [1.807, 2.05) is 29.2 Å². The van der Waals surface area contributed by atoms with Crippen LogP contribution in [0.1, 0.15) is 56.6 Å². The first-order chi connectivity index (χ1) is 13.2. The van der Waals surface area contributed by atoms with Crippen molar-refractivity contribution in [2.45, 2.75) is 56.6 Å². The predicted octanol–water partition coefficient (Wildman–Crippen LogP) is 2.58. The number of rotatable bonds is 5. The topological polar surface area (TPSA) is 67.9 Å². The molecule has 0 bridgehead atoms. The number of ether oxygens (including phenoxy) is 2. The van der Waals surface area contributed by atoms with Crippen LogP contribution in [0.2, 0.25) is 0 Å². The fourth-order valence-corrected chi connectivity index (χ4v) is 4.43. The summed E-state index contributed by atoms with van der Waals surface area (Å²) in [6.07, 6.45) is 5.23. The number of nitrogens with one attached hydrogen (secondary N) is 1. The van der Waals surface area contributed by atoms with Crippen LogP contribution in [0.15, 0.2) is 24.3 Å². The number of fused-ring (bicyclic) bond motifs is 1. The molecule has 2 fully saturated rings. The van der Waals surface area contributed by atoms with Gasteiger partial charge in [0.1, 0.15) is 11.4 Å². The van der Waals surface area contributed by atoms with Gasteiger partial charge in [-0.3, -0.25) is 9.59 Å². The lowest BCUT2D eigenvalue weighted by Gasteiger charge is -2.44. The Bertz CT molecular complexity index is 699. The third-order valence-electron chi connectivity index (χ3n) is 5.94. The Morgan fingerprint density at radius 1 is 1.26 bits per heavy atom. The monoisotopic (exact) mass is 372 g/mol. The molecule has 27 heavy (non-hydrogen) atoms. The minimum absolute atomic E-state index is 0.0334. The van der Waals surface area contributed by atoms with Crippen LogP contribution < -0.4 is 10.1 Å². The first-order valence-electron chi connectivity index (χ1n) is 10.1. The molecular weight excluding hydrogens is 344 g/mol. The smallest absolute Gasteiger partial charge is 0.222 e. The van der Waals surface area contributed by atoms with Crippen LogP contribution in [-0.4, -0.2) is 48.6 Å². The summed E-state index contributed by atoms with van der Waals surface area (Å²) in [5.74, 6) is 1.14. The van der Waals surface area contributed by atoms with E-state index in [4.69, 9.17) is 9.47 Å². The molecule has 0 saturated carbocycles. The molecule has 1 aromatic carbocycles. The van der Waals surface area contributed by atoms with E-state index in [2.05, 4.69) is 5.32 Å². The fourth-order valence-electron chi connectivity index (χ4n) is 4.43. The molecule has 1 atom stereocenters. The van der Waals surface area contributed by atoms with Gasteiger partial charge in [0, 0.05) is 50.8 Å². The number of benzene rings is 1. The highest BCUT2D eigenvalue weighted by Gasteiger charge is 2.42. The van der Waals surface area contributed by atoms with Crippen LogP contribution in [-0.2, 0) is 14.3 Å². The molecule has 0 aliphatic carbocycles. The molecular formula is C21H28N2O4. The first kappa shape index (κ1) is 18.3. The second-order valence-electron chi connectivity index (χ2n) is 7.85. The van der Waals surface area contributed by atoms with Crippen LogP contribution in [0.25, 0.3) is 0 Å². The van der Waals surface area contributed by atoms with E-state index in [9.17, 15) is 9.59 Å². The van der Waals surface area contributed by atoms with Crippen molar-refractivity contribution in [3.63, 3.8) is 0 Å². The fraction of sp³-hybridized carbons (Fsp3) is 0.619. The van der Waals surface area contributed by atoms with Gasteiger partial charge in [0.25, 0.3) is 0 Å². The van der Waals surface area contributed by atoms with Crippen LogP contribution in [0.4, 0.5) is 0 Å². The lowest BCUT2D eigenvalue weighted by molar-refractivity contribution is -0.128. The van der Waals surface area contributed by atoms with Crippen LogP contribution >= 0.6 is 0 Å². The maximum absolute atomic E-state index is 12.6. The molecule has 0 aromatic heterocycles. The minimum Gasteiger partial charge on any atom is -0.487 e. The zero-order valence-corrected chi connectivity index (χ0v) is 15.7. The van der Waals surface area contributed by atoms with Gasteiger partial charge in [-0.05, 0) is 18.9 Å². The van der Waals surface area contributed by atoms with Crippen molar-refractivity contribution in [1.29, 1.82) is 0 Å². The van der Waals surface area contributed by atoms with Gasteiger partial charge in [-0.1, -0.05) is 18.2 Å². The van der Waals surface area contributed by atoms with Gasteiger partial charge in [-0.2, -0.15) is 0 Å². The second kappa shape index (κ2) is 7.89. The third-order valence-corrected chi connectivity index (χ3v) is 5.94. The Hall–Kier alpha value is -2.08. The standard InChI is InChI=1S/C21H28N2O4/c24-19(7-3-11-23-12-4-8-20(23)25)22-17-15-21(9-13-26-14-10-21)27-18-6-2-1-5-16(17)18/h1-2,5-6,17H,3-4,7-15H2,(H,22,24)/t17-/m0/s1.